The number of aromatic nitrogens is 3. The molecule has 20 heavy (non-hydrogen) atoms. The number of nitrogens with one attached hydrogen (secondary N) is 1. The Morgan fingerprint density at radius 1 is 1.25 bits per heavy atom. The van der Waals surface area contributed by atoms with E-state index in [9.17, 15) is 0 Å². The summed E-state index contributed by atoms with van der Waals surface area (Å²) in [5, 5.41) is 4.09. The Bertz CT molecular complexity index is 737. The highest BCUT2D eigenvalue weighted by Crippen LogP contribution is 2.22. The second-order valence-corrected chi connectivity index (χ2v) is 4.43. The van der Waals surface area contributed by atoms with Gasteiger partial charge in [0.25, 0.3) is 0 Å². The largest absolute Gasteiger partial charge is 0.444 e. The summed E-state index contributed by atoms with van der Waals surface area (Å²) in [6, 6.07) is 5.54. The van der Waals surface area contributed by atoms with Crippen molar-refractivity contribution in [2.45, 2.75) is 19.9 Å². The van der Waals surface area contributed by atoms with Gasteiger partial charge in [0.05, 0.1) is 18.3 Å². The molecule has 3 N–H and O–H groups in total. The second-order valence-electron chi connectivity index (χ2n) is 4.43. The van der Waals surface area contributed by atoms with Crippen LogP contribution in [-0.4, -0.2) is 15.0 Å². The van der Waals surface area contributed by atoms with Crippen LogP contribution in [-0.2, 0) is 13.0 Å². The first-order valence-corrected chi connectivity index (χ1v) is 6.44. The van der Waals surface area contributed by atoms with Crippen molar-refractivity contribution in [2.75, 3.05) is 11.1 Å². The minimum atomic E-state index is 0.473. The number of nitrogens with zero attached hydrogens (tertiary/aromatic N) is 3. The normalized spacial score (nSPS) is 10.8. The Morgan fingerprint density at radius 3 is 2.95 bits per heavy atom. The number of aryl methyl sites for hydroxylation is 1. The minimum Gasteiger partial charge on any atom is -0.444 e. The SMILES string of the molecule is CCc1cnc(CNc2ncnc3ccc(N)cc23)o1. The van der Waals surface area contributed by atoms with Gasteiger partial charge in [-0.25, -0.2) is 15.0 Å². The van der Waals surface area contributed by atoms with E-state index in [0.717, 1.165) is 28.9 Å². The standard InChI is InChI=1S/C14H15N5O/c1-2-10-6-16-13(20-10)7-17-14-11-5-9(15)3-4-12(11)18-8-19-14/h3-6,8H,2,7,15H2,1H3,(H,17,18,19). The summed E-state index contributed by atoms with van der Waals surface area (Å²) in [4.78, 5) is 12.7. The number of rotatable bonds is 4. The number of nitrogen functional groups attached to an aromatic ring is 1. The summed E-state index contributed by atoms with van der Waals surface area (Å²) < 4.78 is 5.55. The fourth-order valence-corrected chi connectivity index (χ4v) is 1.97. The van der Waals surface area contributed by atoms with Crippen LogP contribution < -0.4 is 11.1 Å². The fourth-order valence-electron chi connectivity index (χ4n) is 1.97. The van der Waals surface area contributed by atoms with E-state index in [1.807, 2.05) is 25.1 Å². The number of oxazole rings is 1. The van der Waals surface area contributed by atoms with E-state index in [0.29, 0.717) is 18.1 Å². The molecule has 1 aromatic carbocycles. The van der Waals surface area contributed by atoms with Gasteiger partial charge in [0.15, 0.2) is 0 Å². The molecule has 0 saturated heterocycles. The molecule has 0 saturated carbocycles. The van der Waals surface area contributed by atoms with Gasteiger partial charge < -0.3 is 15.5 Å². The molecule has 0 unspecified atom stereocenters. The molecule has 6 heteroatoms. The molecule has 0 bridgehead atoms. The van der Waals surface area contributed by atoms with Gasteiger partial charge in [0, 0.05) is 17.5 Å². The van der Waals surface area contributed by atoms with Crippen LogP contribution in [0.15, 0.2) is 35.1 Å². The first-order valence-electron chi connectivity index (χ1n) is 6.44. The molecule has 0 aliphatic carbocycles. The van der Waals surface area contributed by atoms with Crippen molar-refractivity contribution in [3.8, 4) is 0 Å². The monoisotopic (exact) mass is 269 g/mol. The molecule has 0 aliphatic rings. The van der Waals surface area contributed by atoms with Crippen molar-refractivity contribution in [2.24, 2.45) is 0 Å². The molecule has 0 spiro atoms. The predicted molar refractivity (Wildman–Crippen MR) is 77.2 cm³/mol. The Labute approximate surface area is 116 Å². The zero-order valence-corrected chi connectivity index (χ0v) is 11.1. The molecule has 3 aromatic rings. The van der Waals surface area contributed by atoms with Crippen molar-refractivity contribution in [1.82, 2.24) is 15.0 Å². The van der Waals surface area contributed by atoms with Gasteiger partial charge >= 0.3 is 0 Å². The second kappa shape index (κ2) is 5.16. The molecule has 0 radical (unpaired) electrons. The van der Waals surface area contributed by atoms with Crippen LogP contribution in [0, 0.1) is 0 Å². The zero-order valence-electron chi connectivity index (χ0n) is 11.1. The quantitative estimate of drug-likeness (QED) is 0.707. The summed E-state index contributed by atoms with van der Waals surface area (Å²) in [5.74, 6) is 2.23. The highest BCUT2D eigenvalue weighted by Gasteiger charge is 2.06. The third-order valence-electron chi connectivity index (χ3n) is 3.02. The molecule has 0 amide bonds. The van der Waals surface area contributed by atoms with Crippen LogP contribution in [0.5, 0.6) is 0 Å². The molecular formula is C14H15N5O. The summed E-state index contributed by atoms with van der Waals surface area (Å²) in [6.45, 7) is 2.50. The van der Waals surface area contributed by atoms with Gasteiger partial charge in [-0.2, -0.15) is 0 Å². The van der Waals surface area contributed by atoms with Crippen LogP contribution in [0.3, 0.4) is 0 Å². The molecule has 0 aliphatic heterocycles. The van der Waals surface area contributed by atoms with Crippen LogP contribution in [0.4, 0.5) is 11.5 Å². The topological polar surface area (TPSA) is 89.9 Å². The molecule has 102 valence electrons. The molecule has 2 aromatic heterocycles. The van der Waals surface area contributed by atoms with E-state index >= 15 is 0 Å². The first kappa shape index (κ1) is 12.4. The Balaban J connectivity index is 1.85. The summed E-state index contributed by atoms with van der Waals surface area (Å²) >= 11 is 0. The highest BCUT2D eigenvalue weighted by molar-refractivity contribution is 5.91. The van der Waals surface area contributed by atoms with E-state index < -0.39 is 0 Å². The van der Waals surface area contributed by atoms with E-state index in [1.165, 1.54) is 6.33 Å². The van der Waals surface area contributed by atoms with Crippen LogP contribution in [0.2, 0.25) is 0 Å². The first-order chi connectivity index (χ1) is 9.76. The van der Waals surface area contributed by atoms with E-state index in [-0.39, 0.29) is 0 Å². The lowest BCUT2D eigenvalue weighted by atomic mass is 10.2. The average molecular weight is 269 g/mol. The summed E-state index contributed by atoms with van der Waals surface area (Å²) in [5.41, 5.74) is 7.33. The minimum absolute atomic E-state index is 0.473. The van der Waals surface area contributed by atoms with Crippen molar-refractivity contribution in [3.05, 3.63) is 42.4 Å². The third kappa shape index (κ3) is 2.40. The van der Waals surface area contributed by atoms with Gasteiger partial charge in [-0.15, -0.1) is 0 Å². The maximum atomic E-state index is 5.81. The third-order valence-corrected chi connectivity index (χ3v) is 3.02. The number of benzene rings is 1. The Kier molecular flexibility index (Phi) is 3.20. The summed E-state index contributed by atoms with van der Waals surface area (Å²) in [7, 11) is 0. The molecular weight excluding hydrogens is 254 g/mol. The van der Waals surface area contributed by atoms with Crippen molar-refractivity contribution in [3.63, 3.8) is 0 Å². The highest BCUT2D eigenvalue weighted by atomic mass is 16.4. The molecule has 3 rings (SSSR count). The van der Waals surface area contributed by atoms with Crippen molar-refractivity contribution >= 4 is 22.4 Å². The van der Waals surface area contributed by atoms with Crippen LogP contribution in [0.1, 0.15) is 18.6 Å². The van der Waals surface area contributed by atoms with Crippen molar-refractivity contribution < 1.29 is 4.42 Å². The maximum Gasteiger partial charge on any atom is 0.213 e. The fraction of sp³-hybridized carbons (Fsp3) is 0.214. The van der Waals surface area contributed by atoms with Crippen molar-refractivity contribution in [1.29, 1.82) is 0 Å². The number of hydrogen-bond acceptors (Lipinski definition) is 6. The predicted octanol–water partition coefficient (Wildman–Crippen LogP) is 2.37. The maximum absolute atomic E-state index is 5.81. The van der Waals surface area contributed by atoms with Gasteiger partial charge in [-0.3, -0.25) is 0 Å². The van der Waals surface area contributed by atoms with E-state index in [2.05, 4.69) is 20.3 Å². The molecule has 6 nitrogen and oxygen atoms in total. The number of fused-ring (bicyclic) bond motifs is 1. The lowest BCUT2D eigenvalue weighted by Crippen LogP contribution is -2.03. The van der Waals surface area contributed by atoms with Crippen LogP contribution >= 0.6 is 0 Å². The lowest BCUT2D eigenvalue weighted by Gasteiger charge is -2.07. The lowest BCUT2D eigenvalue weighted by molar-refractivity contribution is 0.465. The number of anilines is 2. The van der Waals surface area contributed by atoms with Gasteiger partial charge in [-0.1, -0.05) is 6.92 Å². The Morgan fingerprint density at radius 2 is 2.15 bits per heavy atom. The molecule has 0 fully saturated rings. The van der Waals surface area contributed by atoms with E-state index in [4.69, 9.17) is 10.2 Å². The Hall–Kier alpha value is -2.63. The van der Waals surface area contributed by atoms with Crippen LogP contribution in [0.25, 0.3) is 10.9 Å². The van der Waals surface area contributed by atoms with Gasteiger partial charge in [0.1, 0.15) is 17.9 Å². The smallest absolute Gasteiger partial charge is 0.213 e. The average Bonchev–Trinajstić information content (AvgIpc) is 2.93. The zero-order chi connectivity index (χ0) is 13.9. The van der Waals surface area contributed by atoms with Gasteiger partial charge in [-0.05, 0) is 18.2 Å². The summed E-state index contributed by atoms with van der Waals surface area (Å²) in [6.07, 6.45) is 4.10. The van der Waals surface area contributed by atoms with E-state index in [1.54, 1.807) is 6.20 Å². The molecule has 0 atom stereocenters. The van der Waals surface area contributed by atoms with Gasteiger partial charge in [0.2, 0.25) is 5.89 Å². The number of hydrogen-bond donors (Lipinski definition) is 2. The molecule has 2 heterocycles. The number of nitrogens with two attached hydrogens (primary N) is 1.